The molecule has 168 valence electrons. The highest BCUT2D eigenvalue weighted by Crippen LogP contribution is 2.35. The molecule has 1 aliphatic carbocycles. The highest BCUT2D eigenvalue weighted by molar-refractivity contribution is 5.85. The van der Waals surface area contributed by atoms with Gasteiger partial charge in [-0.1, -0.05) is 18.2 Å². The highest BCUT2D eigenvalue weighted by Gasteiger charge is 2.35. The number of hydrogen-bond acceptors (Lipinski definition) is 6. The molecular weight excluding hydrogens is 427 g/mol. The summed E-state index contributed by atoms with van der Waals surface area (Å²) in [5.41, 5.74) is 1.52. The van der Waals surface area contributed by atoms with Crippen LogP contribution in [0.2, 0.25) is 0 Å². The molecule has 0 bridgehead atoms. The van der Waals surface area contributed by atoms with Crippen LogP contribution in [0.25, 0.3) is 5.57 Å². The predicted molar refractivity (Wildman–Crippen MR) is 107 cm³/mol. The first-order valence-corrected chi connectivity index (χ1v) is 9.87. The number of amides is 1. The van der Waals surface area contributed by atoms with Crippen molar-refractivity contribution in [3.05, 3.63) is 65.8 Å². The monoisotopic (exact) mass is 447 g/mol. The van der Waals surface area contributed by atoms with Crippen molar-refractivity contribution in [2.24, 2.45) is 5.92 Å². The Bertz CT molecular complexity index is 1050. The van der Waals surface area contributed by atoms with Crippen LogP contribution in [0, 0.1) is 5.92 Å². The van der Waals surface area contributed by atoms with E-state index in [-0.39, 0.29) is 18.2 Å². The maximum atomic E-state index is 13.3. The van der Waals surface area contributed by atoms with E-state index < -0.39 is 12.3 Å². The van der Waals surface area contributed by atoms with E-state index in [4.69, 9.17) is 9.47 Å². The zero-order chi connectivity index (χ0) is 22.7. The van der Waals surface area contributed by atoms with Crippen molar-refractivity contribution in [1.82, 2.24) is 14.9 Å². The summed E-state index contributed by atoms with van der Waals surface area (Å²) >= 11 is 0. The van der Waals surface area contributed by atoms with E-state index in [1.807, 2.05) is 6.08 Å². The lowest BCUT2D eigenvalue weighted by Crippen LogP contribution is -2.36. The number of benzene rings is 1. The van der Waals surface area contributed by atoms with Gasteiger partial charge in [0.05, 0.1) is 26.1 Å². The molecule has 4 rings (SSSR count). The second kappa shape index (κ2) is 8.89. The molecule has 1 aliphatic heterocycles. The standard InChI is InChI=1S/C22H20F3N3O4/c1-30-20-8-9-26-19(27-20)13-28-10-11-31-18-7-4-15(12-17(18)21(28)29)14-2-5-16(6-3-14)32-22(23,24)25/h2-9,17H,10-13H2,1H3. The van der Waals surface area contributed by atoms with Gasteiger partial charge in [0.2, 0.25) is 11.8 Å². The maximum absolute atomic E-state index is 13.3. The Labute approximate surface area is 182 Å². The molecule has 1 atom stereocenters. The zero-order valence-corrected chi connectivity index (χ0v) is 17.1. The van der Waals surface area contributed by atoms with E-state index in [1.54, 1.807) is 23.2 Å². The molecule has 1 aromatic carbocycles. The van der Waals surface area contributed by atoms with Gasteiger partial charge in [0, 0.05) is 12.3 Å². The SMILES string of the molecule is COc1ccnc(CN2CCOC3=CC=C(c4ccc(OC(F)(F)F)cc4)CC3C2=O)n1. The second-order valence-electron chi connectivity index (χ2n) is 7.21. The minimum absolute atomic E-state index is 0.122. The molecule has 1 saturated heterocycles. The number of alkyl halides is 3. The van der Waals surface area contributed by atoms with Crippen LogP contribution in [0.5, 0.6) is 11.6 Å². The van der Waals surface area contributed by atoms with Gasteiger partial charge < -0.3 is 19.1 Å². The van der Waals surface area contributed by atoms with Crippen molar-refractivity contribution in [3.8, 4) is 11.6 Å². The van der Waals surface area contributed by atoms with E-state index >= 15 is 0 Å². The number of halogens is 3. The molecular formula is C22H20F3N3O4. The Hall–Kier alpha value is -3.56. The number of allylic oxidation sites excluding steroid dienone is 3. The molecule has 0 radical (unpaired) electrons. The van der Waals surface area contributed by atoms with Gasteiger partial charge >= 0.3 is 6.36 Å². The number of carbonyl (C=O) groups excluding carboxylic acids is 1. The molecule has 1 amide bonds. The minimum atomic E-state index is -4.75. The van der Waals surface area contributed by atoms with Crippen molar-refractivity contribution in [2.45, 2.75) is 19.3 Å². The quantitative estimate of drug-likeness (QED) is 0.696. The van der Waals surface area contributed by atoms with Crippen LogP contribution in [-0.4, -0.2) is 47.4 Å². The fourth-order valence-corrected chi connectivity index (χ4v) is 3.63. The molecule has 0 spiro atoms. The van der Waals surface area contributed by atoms with E-state index in [2.05, 4.69) is 14.7 Å². The van der Waals surface area contributed by atoms with Crippen molar-refractivity contribution < 1.29 is 32.2 Å². The average molecular weight is 447 g/mol. The van der Waals surface area contributed by atoms with Gasteiger partial charge in [-0.3, -0.25) is 4.79 Å². The molecule has 32 heavy (non-hydrogen) atoms. The highest BCUT2D eigenvalue weighted by atomic mass is 19.4. The normalized spacial score (nSPS) is 18.7. The van der Waals surface area contributed by atoms with Gasteiger partial charge in [0.1, 0.15) is 18.1 Å². The van der Waals surface area contributed by atoms with Crippen LogP contribution in [0.15, 0.2) is 54.4 Å². The number of methoxy groups -OCH3 is 1. The van der Waals surface area contributed by atoms with E-state index in [0.717, 1.165) is 5.57 Å². The van der Waals surface area contributed by atoms with Crippen LogP contribution in [0.1, 0.15) is 17.8 Å². The number of hydrogen-bond donors (Lipinski definition) is 0. The molecule has 2 aliphatic rings. The van der Waals surface area contributed by atoms with Crippen LogP contribution in [0.4, 0.5) is 13.2 Å². The predicted octanol–water partition coefficient (Wildman–Crippen LogP) is 3.73. The Balaban J connectivity index is 1.49. The molecule has 0 N–H and O–H groups in total. The summed E-state index contributed by atoms with van der Waals surface area (Å²) in [6, 6.07) is 7.20. The molecule has 0 saturated carbocycles. The van der Waals surface area contributed by atoms with Crippen molar-refractivity contribution >= 4 is 11.5 Å². The topological polar surface area (TPSA) is 73.8 Å². The van der Waals surface area contributed by atoms with Crippen molar-refractivity contribution in [2.75, 3.05) is 20.3 Å². The third-order valence-electron chi connectivity index (χ3n) is 5.14. The first-order chi connectivity index (χ1) is 15.3. The van der Waals surface area contributed by atoms with E-state index in [1.165, 1.54) is 31.4 Å². The number of rotatable bonds is 5. The van der Waals surface area contributed by atoms with E-state index in [9.17, 15) is 18.0 Å². The lowest BCUT2D eigenvalue weighted by atomic mass is 9.87. The summed E-state index contributed by atoms with van der Waals surface area (Å²) in [5, 5.41) is 0. The summed E-state index contributed by atoms with van der Waals surface area (Å²) in [4.78, 5) is 23.4. The molecule has 1 aromatic heterocycles. The van der Waals surface area contributed by atoms with Gasteiger partial charge in [-0.25, -0.2) is 4.98 Å². The molecule has 2 heterocycles. The molecule has 7 nitrogen and oxygen atoms in total. The summed E-state index contributed by atoms with van der Waals surface area (Å²) in [6.07, 6.45) is 0.745. The fourth-order valence-electron chi connectivity index (χ4n) is 3.63. The molecule has 1 unspecified atom stereocenters. The van der Waals surface area contributed by atoms with Gasteiger partial charge in [-0.2, -0.15) is 4.98 Å². The zero-order valence-electron chi connectivity index (χ0n) is 17.1. The Morgan fingerprint density at radius 1 is 1.19 bits per heavy atom. The summed E-state index contributed by atoms with van der Waals surface area (Å²) in [5.74, 6) is 0.487. The van der Waals surface area contributed by atoms with Gasteiger partial charge in [-0.05, 0) is 35.8 Å². The van der Waals surface area contributed by atoms with Gasteiger partial charge in [0.25, 0.3) is 0 Å². The second-order valence-corrected chi connectivity index (χ2v) is 7.21. The number of carbonyl (C=O) groups is 1. The first-order valence-electron chi connectivity index (χ1n) is 9.87. The Morgan fingerprint density at radius 3 is 2.69 bits per heavy atom. The van der Waals surface area contributed by atoms with Crippen LogP contribution < -0.4 is 9.47 Å². The van der Waals surface area contributed by atoms with Gasteiger partial charge in [0.15, 0.2) is 5.82 Å². The smallest absolute Gasteiger partial charge is 0.495 e. The lowest BCUT2D eigenvalue weighted by molar-refractivity contribution is -0.274. The first kappa shape index (κ1) is 21.7. The third-order valence-corrected chi connectivity index (χ3v) is 5.14. The van der Waals surface area contributed by atoms with Gasteiger partial charge in [-0.15, -0.1) is 13.2 Å². The van der Waals surface area contributed by atoms with Crippen LogP contribution >= 0.6 is 0 Å². The van der Waals surface area contributed by atoms with E-state index in [0.29, 0.717) is 42.6 Å². The van der Waals surface area contributed by atoms with Crippen LogP contribution in [-0.2, 0) is 16.1 Å². The fraction of sp³-hybridized carbons (Fsp3) is 0.318. The Kier molecular flexibility index (Phi) is 6.02. The Morgan fingerprint density at radius 2 is 1.97 bits per heavy atom. The molecule has 2 aromatic rings. The summed E-state index contributed by atoms with van der Waals surface area (Å²) in [6.45, 7) is 0.933. The van der Waals surface area contributed by atoms with Crippen LogP contribution in [0.3, 0.4) is 0 Å². The van der Waals surface area contributed by atoms with Crippen molar-refractivity contribution in [1.29, 1.82) is 0 Å². The molecule has 10 heteroatoms. The number of ether oxygens (including phenoxy) is 3. The maximum Gasteiger partial charge on any atom is 0.573 e. The summed E-state index contributed by atoms with van der Waals surface area (Å²) < 4.78 is 52.0. The lowest BCUT2D eigenvalue weighted by Gasteiger charge is -2.25. The largest absolute Gasteiger partial charge is 0.573 e. The third kappa shape index (κ3) is 5.01. The minimum Gasteiger partial charge on any atom is -0.495 e. The average Bonchev–Trinajstić information content (AvgIpc) is 2.92. The number of fused-ring (bicyclic) bond motifs is 1. The molecule has 1 fully saturated rings. The number of aromatic nitrogens is 2. The summed E-state index contributed by atoms with van der Waals surface area (Å²) in [7, 11) is 1.51. The van der Waals surface area contributed by atoms with Crippen molar-refractivity contribution in [3.63, 3.8) is 0 Å². The number of nitrogens with zero attached hydrogens (tertiary/aromatic N) is 3.